The number of rotatable bonds is 1. The highest BCUT2D eigenvalue weighted by Crippen LogP contribution is 2.34. The standard InChI is InChI=1S/C16H14FNO/c1-9-4-3-5-13(17)15(9)11-6-10(2)16-12(7-11)8-14(19)18-16/h3-7H,8H2,1-2H3,(H,18,19). The van der Waals surface area contributed by atoms with Gasteiger partial charge in [0.25, 0.3) is 0 Å². The third-order valence-electron chi connectivity index (χ3n) is 3.54. The smallest absolute Gasteiger partial charge is 0.228 e. The van der Waals surface area contributed by atoms with E-state index in [4.69, 9.17) is 0 Å². The lowest BCUT2D eigenvalue weighted by Gasteiger charge is -2.11. The summed E-state index contributed by atoms with van der Waals surface area (Å²) in [6, 6.07) is 8.90. The van der Waals surface area contributed by atoms with E-state index in [1.807, 2.05) is 32.0 Å². The van der Waals surface area contributed by atoms with Crippen molar-refractivity contribution in [3.63, 3.8) is 0 Å². The van der Waals surface area contributed by atoms with Crippen LogP contribution in [0.2, 0.25) is 0 Å². The van der Waals surface area contributed by atoms with Gasteiger partial charge in [-0.3, -0.25) is 4.79 Å². The molecule has 0 unspecified atom stereocenters. The van der Waals surface area contributed by atoms with Gasteiger partial charge < -0.3 is 5.32 Å². The molecular formula is C16H14FNO. The fourth-order valence-corrected chi connectivity index (χ4v) is 2.68. The number of fused-ring (bicyclic) bond motifs is 1. The predicted octanol–water partition coefficient (Wildman–Crippen LogP) is 3.60. The van der Waals surface area contributed by atoms with Crippen LogP contribution in [0.25, 0.3) is 11.1 Å². The molecule has 0 saturated carbocycles. The molecule has 0 saturated heterocycles. The highest BCUT2D eigenvalue weighted by molar-refractivity contribution is 6.00. The molecule has 3 heteroatoms. The van der Waals surface area contributed by atoms with E-state index in [2.05, 4.69) is 5.32 Å². The first-order valence-electron chi connectivity index (χ1n) is 6.25. The van der Waals surface area contributed by atoms with Crippen molar-refractivity contribution in [1.29, 1.82) is 0 Å². The zero-order valence-electron chi connectivity index (χ0n) is 10.9. The molecule has 0 spiro atoms. The van der Waals surface area contributed by atoms with Crippen LogP contribution in [0.4, 0.5) is 10.1 Å². The van der Waals surface area contributed by atoms with Crippen LogP contribution in [0.1, 0.15) is 16.7 Å². The van der Waals surface area contributed by atoms with Gasteiger partial charge >= 0.3 is 0 Å². The van der Waals surface area contributed by atoms with E-state index in [1.54, 1.807) is 6.07 Å². The number of aryl methyl sites for hydroxylation is 2. The second-order valence-electron chi connectivity index (χ2n) is 4.98. The molecule has 1 heterocycles. The van der Waals surface area contributed by atoms with Gasteiger partial charge in [-0.2, -0.15) is 0 Å². The van der Waals surface area contributed by atoms with Crippen molar-refractivity contribution in [2.75, 3.05) is 5.32 Å². The first-order valence-corrected chi connectivity index (χ1v) is 6.25. The molecule has 0 atom stereocenters. The van der Waals surface area contributed by atoms with Gasteiger partial charge in [0.1, 0.15) is 5.82 Å². The first-order chi connectivity index (χ1) is 9.06. The van der Waals surface area contributed by atoms with Gasteiger partial charge in [0.05, 0.1) is 6.42 Å². The fraction of sp³-hybridized carbons (Fsp3) is 0.188. The van der Waals surface area contributed by atoms with Gasteiger partial charge in [0.15, 0.2) is 0 Å². The van der Waals surface area contributed by atoms with E-state index in [0.717, 1.165) is 27.9 Å². The summed E-state index contributed by atoms with van der Waals surface area (Å²) < 4.78 is 14.0. The van der Waals surface area contributed by atoms with Gasteiger partial charge in [0.2, 0.25) is 5.91 Å². The van der Waals surface area contributed by atoms with Crippen molar-refractivity contribution in [2.45, 2.75) is 20.3 Å². The van der Waals surface area contributed by atoms with Crippen molar-refractivity contribution < 1.29 is 9.18 Å². The zero-order chi connectivity index (χ0) is 13.6. The number of halogens is 1. The quantitative estimate of drug-likeness (QED) is 0.828. The minimum absolute atomic E-state index is 0.000468. The third-order valence-corrected chi connectivity index (χ3v) is 3.54. The van der Waals surface area contributed by atoms with Crippen LogP contribution in [0.3, 0.4) is 0 Å². The minimum atomic E-state index is -0.225. The van der Waals surface area contributed by atoms with Crippen LogP contribution in [0.15, 0.2) is 30.3 Å². The SMILES string of the molecule is Cc1cc(-c2c(C)cccc2F)cc2c1NC(=O)C2. The summed E-state index contributed by atoms with van der Waals surface area (Å²) in [7, 11) is 0. The van der Waals surface area contributed by atoms with E-state index in [9.17, 15) is 9.18 Å². The molecule has 2 nitrogen and oxygen atoms in total. The zero-order valence-corrected chi connectivity index (χ0v) is 10.9. The van der Waals surface area contributed by atoms with Gasteiger partial charge in [0, 0.05) is 11.3 Å². The largest absolute Gasteiger partial charge is 0.325 e. The Balaban J connectivity index is 2.21. The van der Waals surface area contributed by atoms with Crippen molar-refractivity contribution in [1.82, 2.24) is 0 Å². The van der Waals surface area contributed by atoms with E-state index < -0.39 is 0 Å². The summed E-state index contributed by atoms with van der Waals surface area (Å²) in [5, 5.41) is 2.84. The summed E-state index contributed by atoms with van der Waals surface area (Å²) in [5.41, 5.74) is 5.15. The number of nitrogens with one attached hydrogen (secondary N) is 1. The topological polar surface area (TPSA) is 29.1 Å². The number of carbonyl (C=O) groups excluding carboxylic acids is 1. The lowest BCUT2D eigenvalue weighted by molar-refractivity contribution is -0.115. The number of benzene rings is 2. The van der Waals surface area contributed by atoms with Crippen molar-refractivity contribution in [3.05, 3.63) is 52.8 Å². The summed E-state index contributed by atoms with van der Waals surface area (Å²) in [4.78, 5) is 11.4. The molecule has 96 valence electrons. The Morgan fingerprint density at radius 1 is 1.16 bits per heavy atom. The maximum atomic E-state index is 14.0. The van der Waals surface area contributed by atoms with E-state index in [-0.39, 0.29) is 11.7 Å². The van der Waals surface area contributed by atoms with Crippen LogP contribution >= 0.6 is 0 Å². The monoisotopic (exact) mass is 255 g/mol. The summed E-state index contributed by atoms with van der Waals surface area (Å²) in [6.07, 6.45) is 0.373. The average Bonchev–Trinajstić information content (AvgIpc) is 2.70. The highest BCUT2D eigenvalue weighted by atomic mass is 19.1. The van der Waals surface area contributed by atoms with Gasteiger partial charge in [-0.25, -0.2) is 4.39 Å². The molecule has 0 radical (unpaired) electrons. The number of hydrogen-bond acceptors (Lipinski definition) is 1. The van der Waals surface area contributed by atoms with E-state index in [0.29, 0.717) is 12.0 Å². The molecule has 3 rings (SSSR count). The Morgan fingerprint density at radius 2 is 1.95 bits per heavy atom. The van der Waals surface area contributed by atoms with Crippen LogP contribution in [-0.2, 0) is 11.2 Å². The Morgan fingerprint density at radius 3 is 2.68 bits per heavy atom. The van der Waals surface area contributed by atoms with Crippen LogP contribution < -0.4 is 5.32 Å². The Bertz CT molecular complexity index is 671. The number of amides is 1. The molecule has 1 aliphatic rings. The Hall–Kier alpha value is -2.16. The average molecular weight is 255 g/mol. The molecule has 0 aliphatic carbocycles. The predicted molar refractivity (Wildman–Crippen MR) is 73.6 cm³/mol. The lowest BCUT2D eigenvalue weighted by Crippen LogP contribution is -2.04. The second kappa shape index (κ2) is 4.19. The number of anilines is 1. The van der Waals surface area contributed by atoms with Crippen LogP contribution in [0, 0.1) is 19.7 Å². The normalized spacial score (nSPS) is 13.3. The van der Waals surface area contributed by atoms with Gasteiger partial charge in [-0.1, -0.05) is 12.1 Å². The molecule has 2 aromatic carbocycles. The second-order valence-corrected chi connectivity index (χ2v) is 4.98. The summed E-state index contributed by atoms with van der Waals surface area (Å²) in [6.45, 7) is 3.83. The molecular weight excluding hydrogens is 241 g/mol. The maximum Gasteiger partial charge on any atom is 0.228 e. The van der Waals surface area contributed by atoms with Crippen molar-refractivity contribution in [2.24, 2.45) is 0 Å². The van der Waals surface area contributed by atoms with Gasteiger partial charge in [-0.05, 0) is 54.3 Å². The van der Waals surface area contributed by atoms with Gasteiger partial charge in [-0.15, -0.1) is 0 Å². The van der Waals surface area contributed by atoms with Crippen LogP contribution in [-0.4, -0.2) is 5.91 Å². The molecule has 1 aliphatic heterocycles. The fourth-order valence-electron chi connectivity index (χ4n) is 2.68. The summed E-state index contributed by atoms with van der Waals surface area (Å²) >= 11 is 0. The third kappa shape index (κ3) is 1.91. The number of hydrogen-bond donors (Lipinski definition) is 1. The molecule has 2 aromatic rings. The minimum Gasteiger partial charge on any atom is -0.325 e. The Kier molecular flexibility index (Phi) is 2.63. The molecule has 1 N–H and O–H groups in total. The van der Waals surface area contributed by atoms with Crippen molar-refractivity contribution >= 4 is 11.6 Å². The first kappa shape index (κ1) is 11.9. The molecule has 1 amide bonds. The van der Waals surface area contributed by atoms with E-state index >= 15 is 0 Å². The van der Waals surface area contributed by atoms with Crippen LogP contribution in [0.5, 0.6) is 0 Å². The molecule has 0 aromatic heterocycles. The van der Waals surface area contributed by atoms with E-state index in [1.165, 1.54) is 6.07 Å². The maximum absolute atomic E-state index is 14.0. The molecule has 0 fully saturated rings. The highest BCUT2D eigenvalue weighted by Gasteiger charge is 2.21. The van der Waals surface area contributed by atoms with Crippen molar-refractivity contribution in [3.8, 4) is 11.1 Å². The lowest BCUT2D eigenvalue weighted by atomic mass is 9.95. The molecule has 0 bridgehead atoms. The molecule has 19 heavy (non-hydrogen) atoms. The Labute approximate surface area is 111 Å². The summed E-state index contributed by atoms with van der Waals surface area (Å²) in [5.74, 6) is -0.225. The number of carbonyl (C=O) groups is 1.